The summed E-state index contributed by atoms with van der Waals surface area (Å²) in [6.45, 7) is 2.83. The van der Waals surface area contributed by atoms with Crippen LogP contribution in [0.2, 0.25) is 0 Å². The number of aromatic nitrogens is 3. The average Bonchev–Trinajstić information content (AvgIpc) is 2.96. The maximum atomic E-state index is 10.9. The highest BCUT2D eigenvalue weighted by molar-refractivity contribution is 5.57. The van der Waals surface area contributed by atoms with Crippen molar-refractivity contribution in [1.82, 2.24) is 15.2 Å². The quantitative estimate of drug-likeness (QED) is 0.593. The molecule has 0 fully saturated rings. The van der Waals surface area contributed by atoms with E-state index in [0.29, 0.717) is 19.0 Å². The Bertz CT molecular complexity index is 570. The normalized spacial score (nSPS) is 10.2. The summed E-state index contributed by atoms with van der Waals surface area (Å²) >= 11 is 0. The lowest BCUT2D eigenvalue weighted by molar-refractivity contribution is -0.385. The fourth-order valence-corrected chi connectivity index (χ4v) is 1.60. The van der Waals surface area contributed by atoms with Crippen molar-refractivity contribution < 1.29 is 9.66 Å². The Balaban J connectivity index is 2.11. The van der Waals surface area contributed by atoms with Crippen LogP contribution in [0.5, 0.6) is 5.75 Å². The van der Waals surface area contributed by atoms with Gasteiger partial charge in [-0.25, -0.2) is 4.98 Å². The molecule has 0 radical (unpaired) electrons. The van der Waals surface area contributed by atoms with E-state index in [4.69, 9.17) is 4.74 Å². The van der Waals surface area contributed by atoms with E-state index in [0.717, 1.165) is 12.1 Å². The Morgan fingerprint density at radius 1 is 1.50 bits per heavy atom. The van der Waals surface area contributed by atoms with Gasteiger partial charge in [-0.2, -0.15) is 5.10 Å². The molecular formula is C12H15N5O3. The van der Waals surface area contributed by atoms with Crippen LogP contribution in [0.25, 0.3) is 0 Å². The van der Waals surface area contributed by atoms with Gasteiger partial charge in [0.15, 0.2) is 5.75 Å². The van der Waals surface area contributed by atoms with E-state index >= 15 is 0 Å². The van der Waals surface area contributed by atoms with Crippen LogP contribution in [0, 0.1) is 10.1 Å². The summed E-state index contributed by atoms with van der Waals surface area (Å²) in [4.78, 5) is 14.5. The zero-order chi connectivity index (χ0) is 14.4. The number of hydrogen-bond acceptors (Lipinski definition) is 6. The van der Waals surface area contributed by atoms with Gasteiger partial charge in [0, 0.05) is 17.8 Å². The van der Waals surface area contributed by atoms with E-state index in [1.54, 1.807) is 12.1 Å². The summed E-state index contributed by atoms with van der Waals surface area (Å²) in [6, 6.07) is 4.67. The monoisotopic (exact) mass is 277 g/mol. The first-order valence-corrected chi connectivity index (χ1v) is 6.20. The van der Waals surface area contributed by atoms with Gasteiger partial charge < -0.3 is 10.1 Å². The molecule has 0 spiro atoms. The van der Waals surface area contributed by atoms with Gasteiger partial charge >= 0.3 is 5.69 Å². The zero-order valence-electron chi connectivity index (χ0n) is 11.0. The maximum absolute atomic E-state index is 10.9. The van der Waals surface area contributed by atoms with E-state index < -0.39 is 4.92 Å². The number of nitrogens with zero attached hydrogens (tertiary/aromatic N) is 3. The molecule has 1 heterocycles. The van der Waals surface area contributed by atoms with Crippen molar-refractivity contribution in [3.05, 3.63) is 40.5 Å². The summed E-state index contributed by atoms with van der Waals surface area (Å²) in [5.41, 5.74) is 0.682. The molecule has 2 aromatic rings. The molecule has 8 heteroatoms. The van der Waals surface area contributed by atoms with Crippen molar-refractivity contribution in [2.45, 2.75) is 19.9 Å². The second-order valence-corrected chi connectivity index (χ2v) is 4.07. The highest BCUT2D eigenvalue weighted by atomic mass is 16.6. The van der Waals surface area contributed by atoms with E-state index in [9.17, 15) is 10.1 Å². The molecule has 106 valence electrons. The van der Waals surface area contributed by atoms with Crippen LogP contribution in [-0.4, -0.2) is 26.7 Å². The fourth-order valence-electron chi connectivity index (χ4n) is 1.60. The lowest BCUT2D eigenvalue weighted by atomic mass is 10.2. The predicted molar refractivity (Wildman–Crippen MR) is 72.6 cm³/mol. The lowest BCUT2D eigenvalue weighted by Crippen LogP contribution is -2.03. The third kappa shape index (κ3) is 3.44. The van der Waals surface area contributed by atoms with Crippen molar-refractivity contribution in [3.63, 3.8) is 0 Å². The lowest BCUT2D eigenvalue weighted by Gasteiger charge is -2.09. The van der Waals surface area contributed by atoms with Crippen LogP contribution < -0.4 is 10.1 Å². The van der Waals surface area contributed by atoms with Crippen LogP contribution in [0.3, 0.4) is 0 Å². The minimum atomic E-state index is -0.453. The smallest absolute Gasteiger partial charge is 0.311 e. The summed E-state index contributed by atoms with van der Waals surface area (Å²) < 4.78 is 5.41. The number of nitro groups is 1. The van der Waals surface area contributed by atoms with Crippen molar-refractivity contribution in [3.8, 4) is 5.75 Å². The number of ether oxygens (including phenoxy) is 1. The molecule has 0 saturated heterocycles. The van der Waals surface area contributed by atoms with Gasteiger partial charge in [-0.1, -0.05) is 6.92 Å². The van der Waals surface area contributed by atoms with Crippen LogP contribution >= 0.6 is 0 Å². The van der Waals surface area contributed by atoms with Crippen LogP contribution in [0.1, 0.15) is 19.2 Å². The molecule has 8 nitrogen and oxygen atoms in total. The molecule has 20 heavy (non-hydrogen) atoms. The summed E-state index contributed by atoms with van der Waals surface area (Å²) in [6.07, 6.45) is 2.20. The number of nitrogens with one attached hydrogen (secondary N) is 2. The van der Waals surface area contributed by atoms with Crippen molar-refractivity contribution >= 4 is 11.4 Å². The third-order valence-corrected chi connectivity index (χ3v) is 2.54. The van der Waals surface area contributed by atoms with E-state index in [1.807, 2.05) is 6.92 Å². The third-order valence-electron chi connectivity index (χ3n) is 2.54. The van der Waals surface area contributed by atoms with Gasteiger partial charge in [0.1, 0.15) is 12.2 Å². The molecule has 1 aromatic heterocycles. The second-order valence-electron chi connectivity index (χ2n) is 4.07. The maximum Gasteiger partial charge on any atom is 0.311 e. The first kappa shape index (κ1) is 13.8. The Morgan fingerprint density at radius 2 is 2.35 bits per heavy atom. The van der Waals surface area contributed by atoms with Crippen molar-refractivity contribution in [2.75, 3.05) is 11.9 Å². The van der Waals surface area contributed by atoms with Gasteiger partial charge in [-0.05, 0) is 12.5 Å². The van der Waals surface area contributed by atoms with Gasteiger partial charge in [0.05, 0.1) is 18.1 Å². The fraction of sp³-hybridized carbons (Fsp3) is 0.333. The number of benzene rings is 1. The largest absolute Gasteiger partial charge is 0.487 e. The first-order chi connectivity index (χ1) is 9.70. The Hall–Kier alpha value is -2.64. The molecule has 0 amide bonds. The molecule has 1 aromatic carbocycles. The number of nitro benzene ring substituents is 1. The molecule has 2 N–H and O–H groups in total. The molecule has 0 saturated carbocycles. The van der Waals surface area contributed by atoms with Gasteiger partial charge in [-0.3, -0.25) is 15.2 Å². The van der Waals surface area contributed by atoms with Crippen LogP contribution in [0.15, 0.2) is 24.5 Å². The van der Waals surface area contributed by atoms with Gasteiger partial charge in [0.25, 0.3) is 0 Å². The molecule has 0 aliphatic carbocycles. The molecule has 0 aliphatic rings. The molecule has 0 bridgehead atoms. The van der Waals surface area contributed by atoms with E-state index in [1.165, 1.54) is 12.4 Å². The molecule has 2 rings (SSSR count). The summed E-state index contributed by atoms with van der Waals surface area (Å²) in [5.74, 6) is 0.943. The summed E-state index contributed by atoms with van der Waals surface area (Å²) in [7, 11) is 0. The number of H-pyrrole nitrogens is 1. The Morgan fingerprint density at radius 3 is 3.00 bits per heavy atom. The van der Waals surface area contributed by atoms with Crippen LogP contribution in [0.4, 0.5) is 11.4 Å². The van der Waals surface area contributed by atoms with Crippen molar-refractivity contribution in [1.29, 1.82) is 0 Å². The van der Waals surface area contributed by atoms with E-state index in [2.05, 4.69) is 20.5 Å². The van der Waals surface area contributed by atoms with E-state index in [-0.39, 0.29) is 11.4 Å². The first-order valence-electron chi connectivity index (χ1n) is 6.20. The molecule has 0 unspecified atom stereocenters. The molecule has 0 aliphatic heterocycles. The molecular weight excluding hydrogens is 262 g/mol. The SMILES string of the molecule is CCCOc1cc(NCc2ncn[nH]2)ccc1[N+](=O)[O-]. The highest BCUT2D eigenvalue weighted by Crippen LogP contribution is 2.30. The minimum absolute atomic E-state index is 0.0383. The molecule has 0 atom stereocenters. The Kier molecular flexibility index (Phi) is 4.48. The highest BCUT2D eigenvalue weighted by Gasteiger charge is 2.15. The van der Waals surface area contributed by atoms with Gasteiger partial charge in [0.2, 0.25) is 0 Å². The predicted octanol–water partition coefficient (Wildman–Crippen LogP) is 2.11. The number of anilines is 1. The number of rotatable bonds is 7. The van der Waals surface area contributed by atoms with Gasteiger partial charge in [-0.15, -0.1) is 0 Å². The minimum Gasteiger partial charge on any atom is -0.487 e. The topological polar surface area (TPSA) is 106 Å². The number of aromatic amines is 1. The standard InChI is InChI=1S/C12H15N5O3/c1-2-5-20-11-6-9(3-4-10(11)17(18)19)13-7-12-14-8-15-16-12/h3-4,6,8,13H,2,5,7H2,1H3,(H,14,15,16). The van der Waals surface area contributed by atoms with Crippen LogP contribution in [-0.2, 0) is 6.54 Å². The Labute approximate surface area is 115 Å². The second kappa shape index (κ2) is 6.50. The number of hydrogen-bond donors (Lipinski definition) is 2. The average molecular weight is 277 g/mol. The summed E-state index contributed by atoms with van der Waals surface area (Å²) in [5, 5.41) is 20.5. The van der Waals surface area contributed by atoms with Crippen molar-refractivity contribution in [2.24, 2.45) is 0 Å². The zero-order valence-corrected chi connectivity index (χ0v) is 11.0.